The Labute approximate surface area is 188 Å². The summed E-state index contributed by atoms with van der Waals surface area (Å²) in [6.07, 6.45) is 6.76. The molecular weight excluding hydrogens is 406 g/mol. The second-order valence-corrected chi connectivity index (χ2v) is 7.99. The number of hydrogen-bond donors (Lipinski definition) is 3. The van der Waals surface area contributed by atoms with E-state index in [0.29, 0.717) is 5.56 Å². The van der Waals surface area contributed by atoms with Crippen LogP contribution in [0.15, 0.2) is 53.6 Å². The second kappa shape index (κ2) is 11.1. The van der Waals surface area contributed by atoms with Crippen LogP contribution in [0.3, 0.4) is 0 Å². The maximum Gasteiger partial charge on any atom is 0.329 e. The fourth-order valence-electron chi connectivity index (χ4n) is 3.55. The van der Waals surface area contributed by atoms with Gasteiger partial charge in [0.25, 0.3) is 5.91 Å². The van der Waals surface area contributed by atoms with E-state index in [1.54, 1.807) is 24.3 Å². The summed E-state index contributed by atoms with van der Waals surface area (Å²) in [4.78, 5) is 39.1. The van der Waals surface area contributed by atoms with Gasteiger partial charge in [-0.3, -0.25) is 14.4 Å². The minimum atomic E-state index is -0.923. The number of nitrogens with one attached hydrogen (secondary N) is 3. The van der Waals surface area contributed by atoms with E-state index in [0.717, 1.165) is 36.9 Å². The molecule has 0 heterocycles. The molecule has 1 aliphatic carbocycles. The molecule has 0 spiro atoms. The molecule has 0 aromatic heterocycles. The Bertz CT molecular complexity index is 979. The van der Waals surface area contributed by atoms with Crippen LogP contribution in [0, 0.1) is 0 Å². The summed E-state index contributed by atoms with van der Waals surface area (Å²) in [5, 5.41) is 9.37. The predicted molar refractivity (Wildman–Crippen MR) is 126 cm³/mol. The number of rotatable bonds is 6. The Balaban J connectivity index is 1.56. The van der Waals surface area contributed by atoms with Gasteiger partial charge < -0.3 is 15.5 Å². The molecule has 3 amide bonds. The van der Waals surface area contributed by atoms with Gasteiger partial charge in [-0.25, -0.2) is 5.43 Å². The highest BCUT2D eigenvalue weighted by Gasteiger charge is 2.20. The normalized spacial score (nSPS) is 14.1. The molecular formula is C24H29N5O3. The standard InChI is InChI=1S/C24H29N5O3/c1-29(2)19-14-12-17(13-15-19)16-25-28-24(32)23(31)27-21-11-7-6-10-20(21)22(30)26-18-8-4-3-5-9-18/h6-7,10-16,18H,3-5,8-9H2,1-2H3,(H,26,30)(H,27,31)(H,28,32)/b25-16+. The van der Waals surface area contributed by atoms with Gasteiger partial charge in [0, 0.05) is 25.8 Å². The zero-order valence-electron chi connectivity index (χ0n) is 18.4. The molecule has 1 saturated carbocycles. The second-order valence-electron chi connectivity index (χ2n) is 7.99. The van der Waals surface area contributed by atoms with E-state index in [4.69, 9.17) is 0 Å². The molecule has 3 N–H and O–H groups in total. The van der Waals surface area contributed by atoms with Gasteiger partial charge in [0.2, 0.25) is 0 Å². The summed E-state index contributed by atoms with van der Waals surface area (Å²) in [6, 6.07) is 14.3. The van der Waals surface area contributed by atoms with Crippen molar-refractivity contribution in [3.8, 4) is 0 Å². The SMILES string of the molecule is CN(C)c1ccc(/C=N/NC(=O)C(=O)Nc2ccccc2C(=O)NC2CCCCC2)cc1. The fourth-order valence-corrected chi connectivity index (χ4v) is 3.55. The fraction of sp³-hybridized carbons (Fsp3) is 0.333. The van der Waals surface area contributed by atoms with E-state index in [-0.39, 0.29) is 17.6 Å². The van der Waals surface area contributed by atoms with Crippen molar-refractivity contribution in [2.45, 2.75) is 38.1 Å². The number of carbonyl (C=O) groups excluding carboxylic acids is 3. The van der Waals surface area contributed by atoms with E-state index in [1.807, 2.05) is 43.3 Å². The lowest BCUT2D eigenvalue weighted by atomic mass is 9.95. The number of hydrogen-bond acceptors (Lipinski definition) is 5. The Hall–Kier alpha value is -3.68. The molecule has 168 valence electrons. The third-order valence-electron chi connectivity index (χ3n) is 5.36. The lowest BCUT2D eigenvalue weighted by Gasteiger charge is -2.23. The van der Waals surface area contributed by atoms with E-state index >= 15 is 0 Å². The van der Waals surface area contributed by atoms with Crippen LogP contribution in [0.5, 0.6) is 0 Å². The van der Waals surface area contributed by atoms with Gasteiger partial charge in [0.05, 0.1) is 17.5 Å². The largest absolute Gasteiger partial charge is 0.378 e. The molecule has 0 atom stereocenters. The lowest BCUT2D eigenvalue weighted by Crippen LogP contribution is -2.37. The molecule has 32 heavy (non-hydrogen) atoms. The van der Waals surface area contributed by atoms with Gasteiger partial charge in [-0.2, -0.15) is 5.10 Å². The van der Waals surface area contributed by atoms with Crippen molar-refractivity contribution < 1.29 is 14.4 Å². The first-order chi connectivity index (χ1) is 15.4. The van der Waals surface area contributed by atoms with Crippen molar-refractivity contribution in [2.24, 2.45) is 5.10 Å². The van der Waals surface area contributed by atoms with Crippen molar-refractivity contribution >= 4 is 35.3 Å². The minimum Gasteiger partial charge on any atom is -0.378 e. The molecule has 2 aromatic rings. The summed E-state index contributed by atoms with van der Waals surface area (Å²) >= 11 is 0. The molecule has 3 rings (SSSR count). The molecule has 0 aliphatic heterocycles. The predicted octanol–water partition coefficient (Wildman–Crippen LogP) is 2.90. The van der Waals surface area contributed by atoms with Gasteiger partial charge in [0.15, 0.2) is 0 Å². The number of para-hydroxylation sites is 1. The number of hydrazone groups is 1. The van der Waals surface area contributed by atoms with Gasteiger partial charge in [-0.1, -0.05) is 43.5 Å². The first kappa shape index (κ1) is 23.0. The number of amides is 3. The summed E-state index contributed by atoms with van der Waals surface area (Å²) in [6.45, 7) is 0. The molecule has 2 aromatic carbocycles. The molecule has 0 saturated heterocycles. The van der Waals surface area contributed by atoms with Crippen LogP contribution in [0.4, 0.5) is 11.4 Å². The zero-order chi connectivity index (χ0) is 22.9. The smallest absolute Gasteiger partial charge is 0.329 e. The summed E-state index contributed by atoms with van der Waals surface area (Å²) in [7, 11) is 3.89. The summed E-state index contributed by atoms with van der Waals surface area (Å²) in [5.41, 5.74) is 4.63. The van der Waals surface area contributed by atoms with Crippen LogP contribution in [0.2, 0.25) is 0 Å². The van der Waals surface area contributed by atoms with Crippen molar-refractivity contribution in [1.82, 2.24) is 10.7 Å². The number of anilines is 2. The van der Waals surface area contributed by atoms with Crippen molar-refractivity contribution in [1.29, 1.82) is 0 Å². The monoisotopic (exact) mass is 435 g/mol. The van der Waals surface area contributed by atoms with Crippen LogP contribution < -0.4 is 21.0 Å². The number of benzene rings is 2. The number of nitrogens with zero attached hydrogens (tertiary/aromatic N) is 2. The highest BCUT2D eigenvalue weighted by atomic mass is 16.2. The average Bonchev–Trinajstić information content (AvgIpc) is 2.80. The molecule has 0 radical (unpaired) electrons. The van der Waals surface area contributed by atoms with Gasteiger partial charge >= 0.3 is 11.8 Å². The van der Waals surface area contributed by atoms with E-state index in [2.05, 4.69) is 21.2 Å². The quantitative estimate of drug-likeness (QED) is 0.369. The third kappa shape index (κ3) is 6.41. The molecule has 0 unspecified atom stereocenters. The first-order valence-corrected chi connectivity index (χ1v) is 10.8. The Morgan fingerprint density at radius 2 is 1.62 bits per heavy atom. The van der Waals surface area contributed by atoms with Gasteiger partial charge in [-0.15, -0.1) is 0 Å². The van der Waals surface area contributed by atoms with Crippen molar-refractivity contribution in [2.75, 3.05) is 24.3 Å². The Kier molecular flexibility index (Phi) is 7.96. The maximum absolute atomic E-state index is 12.7. The Morgan fingerprint density at radius 3 is 2.31 bits per heavy atom. The molecule has 8 nitrogen and oxygen atoms in total. The average molecular weight is 436 g/mol. The highest BCUT2D eigenvalue weighted by Crippen LogP contribution is 2.20. The zero-order valence-corrected chi connectivity index (χ0v) is 18.4. The van der Waals surface area contributed by atoms with Gasteiger partial charge in [0.1, 0.15) is 0 Å². The molecule has 0 bridgehead atoms. The van der Waals surface area contributed by atoms with Crippen LogP contribution in [0.1, 0.15) is 48.0 Å². The van der Waals surface area contributed by atoms with Crippen LogP contribution >= 0.6 is 0 Å². The summed E-state index contributed by atoms with van der Waals surface area (Å²) < 4.78 is 0. The van der Waals surface area contributed by atoms with Crippen LogP contribution in [0.25, 0.3) is 0 Å². The molecule has 1 aliphatic rings. The van der Waals surface area contributed by atoms with Crippen LogP contribution in [-0.4, -0.2) is 44.1 Å². The van der Waals surface area contributed by atoms with E-state index in [9.17, 15) is 14.4 Å². The highest BCUT2D eigenvalue weighted by molar-refractivity contribution is 6.40. The Morgan fingerprint density at radius 1 is 0.938 bits per heavy atom. The number of carbonyl (C=O) groups is 3. The van der Waals surface area contributed by atoms with E-state index < -0.39 is 11.8 Å². The van der Waals surface area contributed by atoms with E-state index in [1.165, 1.54) is 12.6 Å². The van der Waals surface area contributed by atoms with Gasteiger partial charge in [-0.05, 0) is 42.7 Å². The maximum atomic E-state index is 12.7. The molecule has 8 heteroatoms. The van der Waals surface area contributed by atoms with Crippen LogP contribution in [-0.2, 0) is 9.59 Å². The summed E-state index contributed by atoms with van der Waals surface area (Å²) in [5.74, 6) is -2.08. The van der Waals surface area contributed by atoms with Crippen molar-refractivity contribution in [3.63, 3.8) is 0 Å². The lowest BCUT2D eigenvalue weighted by molar-refractivity contribution is -0.136. The topological polar surface area (TPSA) is 103 Å². The third-order valence-corrected chi connectivity index (χ3v) is 5.36. The minimum absolute atomic E-state index is 0.143. The molecule has 1 fully saturated rings. The van der Waals surface area contributed by atoms with Crippen molar-refractivity contribution in [3.05, 3.63) is 59.7 Å². The first-order valence-electron chi connectivity index (χ1n) is 10.8.